The zero-order chi connectivity index (χ0) is 24.4. The fourth-order valence-electron chi connectivity index (χ4n) is 9.41. The molecular formula is C30H48O3. The molecule has 4 aliphatic carbocycles. The third-order valence-corrected chi connectivity index (χ3v) is 11.6. The molecule has 0 spiro atoms. The van der Waals surface area contributed by atoms with Crippen LogP contribution in [0.5, 0.6) is 0 Å². The number of hydrogen-bond donors (Lipinski definition) is 2. The second-order valence-electron chi connectivity index (χ2n) is 13.5. The lowest BCUT2D eigenvalue weighted by Gasteiger charge is -2.62. The Balaban J connectivity index is 1.69. The molecule has 0 aromatic heterocycles. The quantitative estimate of drug-likeness (QED) is 0.420. The van der Waals surface area contributed by atoms with Gasteiger partial charge in [0.05, 0.1) is 12.0 Å². The number of rotatable bonds is 5. The van der Waals surface area contributed by atoms with E-state index in [9.17, 15) is 15.0 Å². The molecule has 2 N–H and O–H groups in total. The lowest BCUT2D eigenvalue weighted by atomic mass is 9.43. The van der Waals surface area contributed by atoms with Crippen LogP contribution >= 0.6 is 0 Å². The van der Waals surface area contributed by atoms with Crippen LogP contribution in [0.3, 0.4) is 0 Å². The van der Waals surface area contributed by atoms with Crippen LogP contribution in [-0.2, 0) is 4.79 Å². The van der Waals surface area contributed by atoms with Gasteiger partial charge in [-0.05, 0) is 112 Å². The first-order chi connectivity index (χ1) is 15.3. The summed E-state index contributed by atoms with van der Waals surface area (Å²) in [7, 11) is 0. The van der Waals surface area contributed by atoms with E-state index in [0.717, 1.165) is 57.8 Å². The van der Waals surface area contributed by atoms with Crippen LogP contribution < -0.4 is 0 Å². The summed E-state index contributed by atoms with van der Waals surface area (Å²) in [6.07, 6.45) is 12.3. The van der Waals surface area contributed by atoms with Crippen LogP contribution in [0.2, 0.25) is 0 Å². The Morgan fingerprint density at radius 2 is 1.70 bits per heavy atom. The minimum Gasteiger partial charge on any atom is -0.481 e. The lowest BCUT2D eigenvalue weighted by Crippen LogP contribution is -2.55. The smallest absolute Gasteiger partial charge is 0.306 e. The van der Waals surface area contributed by atoms with Gasteiger partial charge in [0, 0.05) is 0 Å². The van der Waals surface area contributed by atoms with Gasteiger partial charge in [-0.15, -0.1) is 0 Å². The summed E-state index contributed by atoms with van der Waals surface area (Å²) < 4.78 is 0. The molecule has 0 aromatic rings. The lowest BCUT2D eigenvalue weighted by molar-refractivity contribution is -0.146. The van der Waals surface area contributed by atoms with Crippen molar-refractivity contribution in [3.05, 3.63) is 22.8 Å². The Bertz CT molecular complexity index is 862. The molecule has 0 radical (unpaired) electrons. The van der Waals surface area contributed by atoms with Crippen LogP contribution in [0.25, 0.3) is 0 Å². The summed E-state index contributed by atoms with van der Waals surface area (Å²) in [5.41, 5.74) is 5.00. The van der Waals surface area contributed by atoms with E-state index in [1.807, 2.05) is 0 Å². The predicted molar refractivity (Wildman–Crippen MR) is 135 cm³/mol. The highest BCUT2D eigenvalue weighted by Crippen LogP contribution is 2.72. The molecule has 7 atom stereocenters. The van der Waals surface area contributed by atoms with Gasteiger partial charge in [-0.1, -0.05) is 57.4 Å². The Labute approximate surface area is 202 Å². The Morgan fingerprint density at radius 1 is 1.00 bits per heavy atom. The van der Waals surface area contributed by atoms with Crippen molar-refractivity contribution in [2.45, 2.75) is 119 Å². The van der Waals surface area contributed by atoms with Crippen LogP contribution in [0.15, 0.2) is 22.8 Å². The molecule has 1 unspecified atom stereocenters. The molecule has 33 heavy (non-hydrogen) atoms. The molecule has 0 saturated heterocycles. The SMILES string of the molecule is CC(C)=CCC[C@@H](C(=O)O)[C@H]1CC[C@@]2(C)C3=C(CC[C@]12C)[C@@]1(C)CC[C@@H](O)C(C)(C)C1CC3. The molecule has 0 heterocycles. The van der Waals surface area contributed by atoms with E-state index in [2.05, 4.69) is 54.5 Å². The van der Waals surface area contributed by atoms with E-state index in [-0.39, 0.29) is 39.6 Å². The van der Waals surface area contributed by atoms with Crippen LogP contribution in [0.1, 0.15) is 113 Å². The van der Waals surface area contributed by atoms with Gasteiger partial charge in [0.25, 0.3) is 0 Å². The number of carboxylic acid groups (broad SMARTS) is 1. The number of aliphatic carboxylic acids is 1. The number of allylic oxidation sites excluding steroid dienone is 4. The highest BCUT2D eigenvalue weighted by molar-refractivity contribution is 5.70. The van der Waals surface area contributed by atoms with Crippen LogP contribution in [0.4, 0.5) is 0 Å². The largest absolute Gasteiger partial charge is 0.481 e. The van der Waals surface area contributed by atoms with Gasteiger partial charge in [-0.2, -0.15) is 0 Å². The fourth-order valence-corrected chi connectivity index (χ4v) is 9.41. The average Bonchev–Trinajstić information content (AvgIpc) is 3.00. The van der Waals surface area contributed by atoms with Gasteiger partial charge < -0.3 is 10.2 Å². The van der Waals surface area contributed by atoms with Gasteiger partial charge in [-0.25, -0.2) is 0 Å². The molecule has 4 rings (SSSR count). The van der Waals surface area contributed by atoms with Crippen molar-refractivity contribution in [3.8, 4) is 0 Å². The van der Waals surface area contributed by atoms with Gasteiger partial charge in [0.2, 0.25) is 0 Å². The van der Waals surface area contributed by atoms with E-state index in [1.54, 1.807) is 11.1 Å². The highest BCUT2D eigenvalue weighted by atomic mass is 16.4. The third kappa shape index (κ3) is 3.58. The number of aliphatic hydroxyl groups excluding tert-OH is 1. The molecule has 0 aromatic carbocycles. The molecule has 3 nitrogen and oxygen atoms in total. The van der Waals surface area contributed by atoms with Gasteiger partial charge >= 0.3 is 5.97 Å². The van der Waals surface area contributed by atoms with Crippen LogP contribution in [-0.4, -0.2) is 22.3 Å². The van der Waals surface area contributed by atoms with Crippen molar-refractivity contribution >= 4 is 5.97 Å². The van der Waals surface area contributed by atoms with Crippen molar-refractivity contribution in [1.82, 2.24) is 0 Å². The molecule has 186 valence electrons. The maximum Gasteiger partial charge on any atom is 0.306 e. The van der Waals surface area contributed by atoms with Crippen molar-refractivity contribution in [3.63, 3.8) is 0 Å². The first-order valence-corrected chi connectivity index (χ1v) is 13.6. The molecule has 0 bridgehead atoms. The molecule has 2 saturated carbocycles. The Hall–Kier alpha value is -1.09. The topological polar surface area (TPSA) is 57.5 Å². The zero-order valence-electron chi connectivity index (χ0n) is 22.3. The summed E-state index contributed by atoms with van der Waals surface area (Å²) in [6, 6.07) is 0. The number of carboxylic acids is 1. The molecule has 0 aliphatic heterocycles. The summed E-state index contributed by atoms with van der Waals surface area (Å²) >= 11 is 0. The van der Waals surface area contributed by atoms with Gasteiger partial charge in [-0.3, -0.25) is 4.79 Å². The van der Waals surface area contributed by atoms with E-state index >= 15 is 0 Å². The second kappa shape index (κ2) is 8.25. The highest BCUT2D eigenvalue weighted by Gasteiger charge is 2.64. The van der Waals surface area contributed by atoms with Gasteiger partial charge in [0.1, 0.15) is 0 Å². The number of fused-ring (bicyclic) bond motifs is 4. The van der Waals surface area contributed by atoms with Crippen LogP contribution in [0, 0.1) is 39.4 Å². The normalized spacial score (nSPS) is 42.7. The Morgan fingerprint density at radius 3 is 2.33 bits per heavy atom. The minimum absolute atomic E-state index is 0.0370. The van der Waals surface area contributed by atoms with E-state index in [4.69, 9.17) is 0 Å². The summed E-state index contributed by atoms with van der Waals surface area (Å²) in [4.78, 5) is 12.5. The number of hydrogen-bond acceptors (Lipinski definition) is 2. The summed E-state index contributed by atoms with van der Waals surface area (Å²) in [5.74, 6) is -0.0420. The predicted octanol–water partition coefficient (Wildman–Crippen LogP) is 7.54. The first-order valence-electron chi connectivity index (χ1n) is 13.6. The van der Waals surface area contributed by atoms with Crippen molar-refractivity contribution in [2.24, 2.45) is 39.4 Å². The molecule has 3 heteroatoms. The Kier molecular flexibility index (Phi) is 6.25. The van der Waals surface area contributed by atoms with Crippen molar-refractivity contribution < 1.29 is 15.0 Å². The molecule has 2 fully saturated rings. The average molecular weight is 457 g/mol. The maximum atomic E-state index is 12.5. The monoisotopic (exact) mass is 456 g/mol. The number of carbonyl (C=O) groups is 1. The summed E-state index contributed by atoms with van der Waals surface area (Å²) in [5, 5.41) is 21.0. The standard InChI is InChI=1S/C30H48O3/c1-19(2)9-8-10-20(26(32)33)21-13-17-30(7)23-11-12-24-27(3,4)25(31)15-16-28(24,5)22(23)14-18-29(21,30)6/h9,20-21,24-25,31H,8,10-18H2,1-7H3,(H,32,33)/t20-,21-,24?,25-,28-,29-,30+/m1/s1. The van der Waals surface area contributed by atoms with E-state index in [1.165, 1.54) is 12.0 Å². The third-order valence-electron chi connectivity index (χ3n) is 11.6. The van der Waals surface area contributed by atoms with E-state index in [0.29, 0.717) is 5.92 Å². The first kappa shape index (κ1) is 25.0. The second-order valence-corrected chi connectivity index (χ2v) is 13.5. The van der Waals surface area contributed by atoms with Crippen molar-refractivity contribution in [1.29, 1.82) is 0 Å². The summed E-state index contributed by atoms with van der Waals surface area (Å²) in [6.45, 7) is 16.2. The van der Waals surface area contributed by atoms with E-state index < -0.39 is 5.97 Å². The molecular weight excluding hydrogens is 408 g/mol. The van der Waals surface area contributed by atoms with Crippen molar-refractivity contribution in [2.75, 3.05) is 0 Å². The fraction of sp³-hybridized carbons (Fsp3) is 0.833. The minimum atomic E-state index is -0.592. The zero-order valence-corrected chi connectivity index (χ0v) is 22.3. The number of aliphatic hydroxyl groups is 1. The molecule has 4 aliphatic rings. The molecule has 0 amide bonds. The van der Waals surface area contributed by atoms with Gasteiger partial charge in [0.15, 0.2) is 0 Å². The maximum absolute atomic E-state index is 12.5.